The van der Waals surface area contributed by atoms with E-state index >= 15 is 0 Å². The van der Waals surface area contributed by atoms with E-state index in [9.17, 15) is 19.8 Å². The summed E-state index contributed by atoms with van der Waals surface area (Å²) in [5.74, 6) is -1.66. The molecular weight excluding hydrogens is 268 g/mol. The Hall–Kier alpha value is -1.69. The second-order valence-corrected chi connectivity index (χ2v) is 4.96. The third-order valence-electron chi connectivity index (χ3n) is 2.30. The normalized spacial score (nSPS) is 11.8. The summed E-state index contributed by atoms with van der Waals surface area (Å²) in [7, 11) is 0. The fourth-order valence-corrected chi connectivity index (χ4v) is 2.38. The topological polar surface area (TPSA) is 89.5 Å². The lowest BCUT2D eigenvalue weighted by Gasteiger charge is -2.18. The standard InChI is InChI=1S/C13H16O5S/c1-2-18-10-5-3-9(4-6-10)8-19-11(13(16)17)7-12(14)15/h3-6,11H,2,7-8H2,1H3,(H,14,15)(H,16,17)/p-2/t11-/m0/s1. The molecule has 0 aromatic heterocycles. The van der Waals surface area contributed by atoms with Crippen LogP contribution in [0.4, 0.5) is 0 Å². The van der Waals surface area contributed by atoms with Crippen LogP contribution in [-0.4, -0.2) is 23.8 Å². The minimum atomic E-state index is -1.40. The Morgan fingerprint density at radius 2 is 1.89 bits per heavy atom. The minimum absolute atomic E-state index is 0.387. The van der Waals surface area contributed by atoms with Crippen LogP contribution in [-0.2, 0) is 15.3 Å². The van der Waals surface area contributed by atoms with Gasteiger partial charge in [0.15, 0.2) is 0 Å². The maximum absolute atomic E-state index is 10.8. The Morgan fingerprint density at radius 3 is 2.37 bits per heavy atom. The maximum Gasteiger partial charge on any atom is 0.119 e. The lowest BCUT2D eigenvalue weighted by atomic mass is 10.2. The predicted molar refractivity (Wildman–Crippen MR) is 67.3 cm³/mol. The molecule has 0 heterocycles. The molecule has 0 fully saturated rings. The first-order valence-electron chi connectivity index (χ1n) is 5.77. The molecule has 6 heteroatoms. The smallest absolute Gasteiger partial charge is 0.119 e. The summed E-state index contributed by atoms with van der Waals surface area (Å²) >= 11 is 1.01. The molecule has 0 aliphatic rings. The number of hydrogen-bond donors (Lipinski definition) is 0. The fourth-order valence-electron chi connectivity index (χ4n) is 1.41. The van der Waals surface area contributed by atoms with E-state index in [0.717, 1.165) is 23.1 Å². The van der Waals surface area contributed by atoms with E-state index in [1.807, 2.05) is 19.1 Å². The molecule has 0 saturated heterocycles. The summed E-state index contributed by atoms with van der Waals surface area (Å²) in [6.45, 7) is 2.46. The molecule has 0 aliphatic carbocycles. The maximum atomic E-state index is 10.8. The highest BCUT2D eigenvalue weighted by Gasteiger charge is 2.11. The van der Waals surface area contributed by atoms with Gasteiger partial charge in [-0.1, -0.05) is 12.1 Å². The molecule has 1 rings (SSSR count). The van der Waals surface area contributed by atoms with E-state index in [1.165, 1.54) is 0 Å². The first-order chi connectivity index (χ1) is 9.02. The Morgan fingerprint density at radius 1 is 1.26 bits per heavy atom. The summed E-state index contributed by atoms with van der Waals surface area (Å²) in [6.07, 6.45) is -0.552. The SMILES string of the molecule is CCOc1ccc(CS[C@@H](CC(=O)[O-])C(=O)[O-])cc1. The number of carbonyl (C=O) groups is 2. The van der Waals surface area contributed by atoms with Crippen molar-refractivity contribution in [3.05, 3.63) is 29.8 Å². The van der Waals surface area contributed by atoms with Gasteiger partial charge in [0.25, 0.3) is 0 Å². The van der Waals surface area contributed by atoms with Gasteiger partial charge in [0.05, 0.1) is 12.6 Å². The van der Waals surface area contributed by atoms with E-state index in [0.29, 0.717) is 12.4 Å². The summed E-state index contributed by atoms with van der Waals surface area (Å²) in [4.78, 5) is 21.2. The van der Waals surface area contributed by atoms with Crippen LogP contribution in [0.3, 0.4) is 0 Å². The van der Waals surface area contributed by atoms with Gasteiger partial charge in [0.2, 0.25) is 0 Å². The van der Waals surface area contributed by atoms with Crippen molar-refractivity contribution >= 4 is 23.7 Å². The van der Waals surface area contributed by atoms with Gasteiger partial charge in [-0.15, -0.1) is 11.8 Å². The Bertz CT molecular complexity index is 429. The third-order valence-corrected chi connectivity index (χ3v) is 3.56. The van der Waals surface area contributed by atoms with Crippen LogP contribution < -0.4 is 14.9 Å². The van der Waals surface area contributed by atoms with Crippen LogP contribution in [0.2, 0.25) is 0 Å². The molecule has 1 aromatic carbocycles. The van der Waals surface area contributed by atoms with Gasteiger partial charge in [-0.2, -0.15) is 0 Å². The molecule has 19 heavy (non-hydrogen) atoms. The molecule has 0 spiro atoms. The summed E-state index contributed by atoms with van der Waals surface area (Å²) in [5, 5.41) is 20.1. The number of carboxylic acid groups (broad SMARTS) is 2. The number of benzene rings is 1. The van der Waals surface area contributed by atoms with Crippen molar-refractivity contribution in [3.63, 3.8) is 0 Å². The zero-order chi connectivity index (χ0) is 14.3. The highest BCUT2D eigenvalue weighted by molar-refractivity contribution is 7.99. The molecule has 0 bridgehead atoms. The lowest BCUT2D eigenvalue weighted by molar-refractivity contribution is -0.314. The van der Waals surface area contributed by atoms with Crippen molar-refractivity contribution in [1.29, 1.82) is 0 Å². The van der Waals surface area contributed by atoms with Crippen LogP contribution in [0.25, 0.3) is 0 Å². The van der Waals surface area contributed by atoms with Gasteiger partial charge in [-0.3, -0.25) is 0 Å². The minimum Gasteiger partial charge on any atom is -0.550 e. The van der Waals surface area contributed by atoms with Crippen molar-refractivity contribution < 1.29 is 24.5 Å². The first-order valence-corrected chi connectivity index (χ1v) is 6.81. The van der Waals surface area contributed by atoms with E-state index in [2.05, 4.69) is 0 Å². The molecule has 0 aliphatic heterocycles. The summed E-state index contributed by atoms with van der Waals surface area (Å²) in [6, 6.07) is 7.19. The molecular formula is C13H14O5S-2. The summed E-state index contributed by atoms with van der Waals surface area (Å²) in [5.41, 5.74) is 0.887. The molecule has 1 atom stereocenters. The van der Waals surface area contributed by atoms with E-state index in [4.69, 9.17) is 4.74 Å². The average Bonchev–Trinajstić information content (AvgIpc) is 2.36. The zero-order valence-corrected chi connectivity index (χ0v) is 11.3. The average molecular weight is 282 g/mol. The second-order valence-electron chi connectivity index (χ2n) is 3.77. The number of thioether (sulfide) groups is 1. The van der Waals surface area contributed by atoms with Gasteiger partial charge in [-0.05, 0) is 24.6 Å². The number of hydrogen-bond acceptors (Lipinski definition) is 6. The number of ether oxygens (including phenoxy) is 1. The number of rotatable bonds is 8. The molecule has 0 unspecified atom stereocenters. The van der Waals surface area contributed by atoms with Gasteiger partial charge < -0.3 is 24.5 Å². The highest BCUT2D eigenvalue weighted by atomic mass is 32.2. The van der Waals surface area contributed by atoms with Gasteiger partial charge >= 0.3 is 0 Å². The Balaban J connectivity index is 2.54. The number of carboxylic acids is 2. The predicted octanol–water partition coefficient (Wildman–Crippen LogP) is -0.423. The first kappa shape index (κ1) is 15.4. The summed E-state index contributed by atoms with van der Waals surface area (Å²) < 4.78 is 5.28. The molecule has 104 valence electrons. The molecule has 0 saturated carbocycles. The molecule has 1 aromatic rings. The quantitative estimate of drug-likeness (QED) is 0.643. The monoisotopic (exact) mass is 282 g/mol. The molecule has 5 nitrogen and oxygen atoms in total. The van der Waals surface area contributed by atoms with Crippen molar-refractivity contribution in [1.82, 2.24) is 0 Å². The molecule has 0 N–H and O–H groups in total. The fraction of sp³-hybridized carbons (Fsp3) is 0.385. The van der Waals surface area contributed by atoms with Crippen molar-refractivity contribution in [2.75, 3.05) is 6.61 Å². The van der Waals surface area contributed by atoms with Gasteiger partial charge in [0, 0.05) is 23.4 Å². The molecule has 0 amide bonds. The van der Waals surface area contributed by atoms with E-state index in [-0.39, 0.29) is 0 Å². The van der Waals surface area contributed by atoms with E-state index in [1.54, 1.807) is 12.1 Å². The zero-order valence-electron chi connectivity index (χ0n) is 10.5. The highest BCUT2D eigenvalue weighted by Crippen LogP contribution is 2.21. The third kappa shape index (κ3) is 5.65. The van der Waals surface area contributed by atoms with Crippen LogP contribution in [0, 0.1) is 0 Å². The largest absolute Gasteiger partial charge is 0.550 e. The van der Waals surface area contributed by atoms with Gasteiger partial charge in [0.1, 0.15) is 5.75 Å². The van der Waals surface area contributed by atoms with Crippen molar-refractivity contribution in [3.8, 4) is 5.75 Å². The van der Waals surface area contributed by atoms with Crippen LogP contribution in [0.1, 0.15) is 18.9 Å². The van der Waals surface area contributed by atoms with Crippen molar-refractivity contribution in [2.45, 2.75) is 24.3 Å². The van der Waals surface area contributed by atoms with E-state index < -0.39 is 23.6 Å². The van der Waals surface area contributed by atoms with Gasteiger partial charge in [-0.25, -0.2) is 0 Å². The Labute approximate surface area is 115 Å². The lowest BCUT2D eigenvalue weighted by Crippen LogP contribution is -2.38. The van der Waals surface area contributed by atoms with Crippen LogP contribution in [0.5, 0.6) is 5.75 Å². The van der Waals surface area contributed by atoms with Crippen LogP contribution in [0.15, 0.2) is 24.3 Å². The number of aliphatic carboxylic acids is 2. The Kier molecular flexibility index (Phi) is 6.21. The second kappa shape index (κ2) is 7.68. The molecule has 0 radical (unpaired) electrons. The van der Waals surface area contributed by atoms with Crippen LogP contribution >= 0.6 is 11.8 Å². The number of carbonyl (C=O) groups excluding carboxylic acids is 2. The van der Waals surface area contributed by atoms with Crippen molar-refractivity contribution in [2.24, 2.45) is 0 Å².